The van der Waals surface area contributed by atoms with Crippen molar-refractivity contribution >= 4 is 17.3 Å². The van der Waals surface area contributed by atoms with Crippen LogP contribution < -0.4 is 4.74 Å². The molecule has 0 fully saturated rings. The monoisotopic (exact) mass is 295 g/mol. The number of aryl methyl sites for hydroxylation is 1. The van der Waals surface area contributed by atoms with E-state index < -0.39 is 16.4 Å². The van der Waals surface area contributed by atoms with E-state index in [0.29, 0.717) is 16.3 Å². The highest BCUT2D eigenvalue weighted by Crippen LogP contribution is 2.24. The summed E-state index contributed by atoms with van der Waals surface area (Å²) in [6, 6.07) is 8.90. The predicted molar refractivity (Wildman–Crippen MR) is 73.6 cm³/mol. The highest BCUT2D eigenvalue weighted by molar-refractivity contribution is 6.30. The summed E-state index contributed by atoms with van der Waals surface area (Å²) in [5.74, 6) is -0.282. The zero-order valence-corrected chi connectivity index (χ0v) is 11.4. The molecule has 0 saturated heterocycles. The van der Waals surface area contributed by atoms with E-state index in [1.807, 2.05) is 13.0 Å². The van der Waals surface area contributed by atoms with Crippen LogP contribution in [-0.4, -0.2) is 4.92 Å². The molecule has 0 heterocycles. The van der Waals surface area contributed by atoms with Crippen LogP contribution in [0.3, 0.4) is 0 Å². The second kappa shape index (κ2) is 5.88. The van der Waals surface area contributed by atoms with Gasteiger partial charge in [0.05, 0.1) is 4.92 Å². The molecule has 104 valence electrons. The van der Waals surface area contributed by atoms with Crippen LogP contribution >= 0.6 is 11.6 Å². The minimum Gasteiger partial charge on any atom is -0.489 e. The fraction of sp³-hybridized carbons (Fsp3) is 0.143. The Bertz CT molecular complexity index is 661. The highest BCUT2D eigenvalue weighted by atomic mass is 35.5. The van der Waals surface area contributed by atoms with Crippen molar-refractivity contribution in [1.82, 2.24) is 0 Å². The molecule has 20 heavy (non-hydrogen) atoms. The van der Waals surface area contributed by atoms with Crippen LogP contribution in [0, 0.1) is 22.9 Å². The molecule has 0 N–H and O–H groups in total. The molecule has 0 spiro atoms. The summed E-state index contributed by atoms with van der Waals surface area (Å²) in [7, 11) is 0. The number of benzene rings is 2. The number of hydrogen-bond acceptors (Lipinski definition) is 3. The Morgan fingerprint density at radius 3 is 2.70 bits per heavy atom. The molecule has 4 nitrogen and oxygen atoms in total. The van der Waals surface area contributed by atoms with Crippen molar-refractivity contribution in [2.24, 2.45) is 0 Å². The van der Waals surface area contributed by atoms with Gasteiger partial charge in [0, 0.05) is 11.1 Å². The van der Waals surface area contributed by atoms with Crippen LogP contribution in [0.5, 0.6) is 5.75 Å². The largest absolute Gasteiger partial charge is 0.489 e. The molecule has 0 radical (unpaired) electrons. The van der Waals surface area contributed by atoms with E-state index in [0.717, 1.165) is 17.7 Å². The minimum absolute atomic E-state index is 0.107. The number of nitrogens with zero attached hydrogens (tertiary/aromatic N) is 1. The summed E-state index contributed by atoms with van der Waals surface area (Å²) in [5, 5.41) is 11.1. The third kappa shape index (κ3) is 3.24. The predicted octanol–water partition coefficient (Wildman–Crippen LogP) is 4.27. The Hall–Kier alpha value is -2.14. The second-order valence-electron chi connectivity index (χ2n) is 4.24. The van der Waals surface area contributed by atoms with Crippen molar-refractivity contribution in [3.63, 3.8) is 0 Å². The molecule has 0 amide bonds. The lowest BCUT2D eigenvalue weighted by Crippen LogP contribution is -1.99. The lowest BCUT2D eigenvalue weighted by atomic mass is 10.2. The molecule has 0 unspecified atom stereocenters. The third-order valence-electron chi connectivity index (χ3n) is 2.75. The van der Waals surface area contributed by atoms with Crippen molar-refractivity contribution in [1.29, 1.82) is 0 Å². The van der Waals surface area contributed by atoms with Crippen LogP contribution in [0.4, 0.5) is 10.1 Å². The number of ether oxygens (including phenoxy) is 1. The van der Waals surface area contributed by atoms with Gasteiger partial charge >= 0.3 is 5.69 Å². The minimum atomic E-state index is -0.876. The summed E-state index contributed by atoms with van der Waals surface area (Å²) in [6.45, 7) is 1.97. The van der Waals surface area contributed by atoms with Gasteiger partial charge in [-0.3, -0.25) is 10.1 Å². The first kappa shape index (κ1) is 14.3. The first-order valence-electron chi connectivity index (χ1n) is 5.79. The van der Waals surface area contributed by atoms with Gasteiger partial charge in [0.1, 0.15) is 12.4 Å². The molecule has 6 heteroatoms. The Morgan fingerprint density at radius 1 is 1.30 bits per heavy atom. The van der Waals surface area contributed by atoms with E-state index in [4.69, 9.17) is 16.3 Å². The van der Waals surface area contributed by atoms with Crippen molar-refractivity contribution in [3.8, 4) is 5.75 Å². The van der Waals surface area contributed by atoms with Crippen molar-refractivity contribution in [2.75, 3.05) is 0 Å². The SMILES string of the molecule is Cc1ccc(Cl)cc1OCc1ccc([N+](=O)[O-])c(F)c1. The molecule has 0 aliphatic rings. The summed E-state index contributed by atoms with van der Waals surface area (Å²) in [5.41, 5.74) is 0.858. The maximum Gasteiger partial charge on any atom is 0.304 e. The number of nitro groups is 1. The van der Waals surface area contributed by atoms with Crippen LogP contribution in [0.1, 0.15) is 11.1 Å². The summed E-state index contributed by atoms with van der Waals surface area (Å²) >= 11 is 5.86. The van der Waals surface area contributed by atoms with Crippen LogP contribution in [0.2, 0.25) is 5.02 Å². The molecule has 0 atom stereocenters. The number of nitro benzene ring substituents is 1. The Balaban J connectivity index is 2.13. The van der Waals surface area contributed by atoms with Gasteiger partial charge in [0.25, 0.3) is 0 Å². The molecule has 2 aromatic rings. The fourth-order valence-electron chi connectivity index (χ4n) is 1.68. The first-order chi connectivity index (χ1) is 9.47. The van der Waals surface area contributed by atoms with Gasteiger partial charge in [-0.25, -0.2) is 0 Å². The number of halogens is 2. The Kier molecular flexibility index (Phi) is 4.20. The molecule has 0 aromatic heterocycles. The molecule has 2 aromatic carbocycles. The van der Waals surface area contributed by atoms with Crippen LogP contribution in [-0.2, 0) is 6.61 Å². The van der Waals surface area contributed by atoms with Gasteiger partial charge in [-0.1, -0.05) is 17.7 Å². The smallest absolute Gasteiger partial charge is 0.304 e. The molecular weight excluding hydrogens is 285 g/mol. The van der Waals surface area contributed by atoms with Crippen LogP contribution in [0.25, 0.3) is 0 Å². The van der Waals surface area contributed by atoms with Crippen molar-refractivity contribution < 1.29 is 14.1 Å². The molecule has 0 aliphatic carbocycles. The van der Waals surface area contributed by atoms with Crippen molar-refractivity contribution in [3.05, 3.63) is 68.5 Å². The normalized spacial score (nSPS) is 10.3. The standard InChI is InChI=1S/C14H11ClFNO3/c1-9-2-4-11(15)7-14(9)20-8-10-3-5-13(17(18)19)12(16)6-10/h2-7H,8H2,1H3. The summed E-state index contributed by atoms with van der Waals surface area (Å²) in [6.07, 6.45) is 0. The van der Waals surface area contributed by atoms with Gasteiger partial charge in [0.15, 0.2) is 0 Å². The van der Waals surface area contributed by atoms with E-state index in [1.165, 1.54) is 6.07 Å². The number of hydrogen-bond donors (Lipinski definition) is 0. The topological polar surface area (TPSA) is 52.4 Å². The molecule has 2 rings (SSSR count). The Labute approximate surface area is 119 Å². The lowest BCUT2D eigenvalue weighted by Gasteiger charge is -2.09. The van der Waals surface area contributed by atoms with Gasteiger partial charge in [-0.2, -0.15) is 4.39 Å². The van der Waals surface area contributed by atoms with E-state index in [9.17, 15) is 14.5 Å². The zero-order chi connectivity index (χ0) is 14.7. The van der Waals surface area contributed by atoms with Gasteiger partial charge in [-0.15, -0.1) is 0 Å². The maximum atomic E-state index is 13.5. The van der Waals surface area contributed by atoms with Gasteiger partial charge in [0.2, 0.25) is 5.82 Å². The quantitative estimate of drug-likeness (QED) is 0.625. The fourth-order valence-corrected chi connectivity index (χ4v) is 1.84. The lowest BCUT2D eigenvalue weighted by molar-refractivity contribution is -0.387. The zero-order valence-electron chi connectivity index (χ0n) is 10.6. The highest BCUT2D eigenvalue weighted by Gasteiger charge is 2.14. The van der Waals surface area contributed by atoms with Gasteiger partial charge < -0.3 is 4.74 Å². The van der Waals surface area contributed by atoms with E-state index in [2.05, 4.69) is 0 Å². The van der Waals surface area contributed by atoms with Crippen LogP contribution in [0.15, 0.2) is 36.4 Å². The van der Waals surface area contributed by atoms with Gasteiger partial charge in [-0.05, 0) is 42.3 Å². The average Bonchev–Trinajstić information content (AvgIpc) is 2.39. The summed E-state index contributed by atoms with van der Waals surface area (Å²) < 4.78 is 19.0. The maximum absolute atomic E-state index is 13.5. The Morgan fingerprint density at radius 2 is 2.05 bits per heavy atom. The summed E-state index contributed by atoms with van der Waals surface area (Å²) in [4.78, 5) is 9.75. The van der Waals surface area contributed by atoms with E-state index >= 15 is 0 Å². The van der Waals surface area contributed by atoms with E-state index in [-0.39, 0.29) is 6.61 Å². The number of rotatable bonds is 4. The molecule has 0 aliphatic heterocycles. The molecular formula is C14H11ClFNO3. The van der Waals surface area contributed by atoms with Crippen molar-refractivity contribution in [2.45, 2.75) is 13.5 Å². The molecule has 0 saturated carbocycles. The first-order valence-corrected chi connectivity index (χ1v) is 6.17. The van der Waals surface area contributed by atoms with E-state index in [1.54, 1.807) is 12.1 Å². The molecule has 0 bridgehead atoms. The second-order valence-corrected chi connectivity index (χ2v) is 4.68. The third-order valence-corrected chi connectivity index (χ3v) is 2.99. The average molecular weight is 296 g/mol.